The molecule has 0 radical (unpaired) electrons. The third-order valence-corrected chi connectivity index (χ3v) is 9.18. The van der Waals surface area contributed by atoms with Crippen LogP contribution in [0.5, 0.6) is 5.75 Å². The van der Waals surface area contributed by atoms with Crippen LogP contribution in [0, 0.1) is 40.9 Å². The van der Waals surface area contributed by atoms with Crippen LogP contribution in [-0.4, -0.2) is 43.0 Å². The lowest BCUT2D eigenvalue weighted by Gasteiger charge is -2.53. The first kappa shape index (κ1) is 23.1. The molecule has 7 rings (SSSR count). The van der Waals surface area contributed by atoms with Crippen molar-refractivity contribution in [1.82, 2.24) is 16.0 Å². The van der Waals surface area contributed by atoms with Gasteiger partial charge in [0, 0.05) is 35.9 Å². The van der Waals surface area contributed by atoms with Gasteiger partial charge >= 0.3 is 0 Å². The topological polar surface area (TPSA) is 120 Å². The van der Waals surface area contributed by atoms with Crippen molar-refractivity contribution in [2.45, 2.75) is 56.5 Å². The molecule has 1 aliphatic heterocycles. The van der Waals surface area contributed by atoms with Gasteiger partial charge in [-0.15, -0.1) is 0 Å². The van der Waals surface area contributed by atoms with Gasteiger partial charge in [0.2, 0.25) is 17.7 Å². The fourth-order valence-electron chi connectivity index (χ4n) is 7.20. The zero-order chi connectivity index (χ0) is 25.0. The Hall–Kier alpha value is -3.34. The molecule has 8 nitrogen and oxygen atoms in total. The average molecular weight is 489 g/mol. The Morgan fingerprint density at radius 3 is 2.86 bits per heavy atom. The molecule has 0 unspecified atom stereocenters. The highest BCUT2D eigenvalue weighted by Crippen LogP contribution is 2.55. The average Bonchev–Trinajstić information content (AvgIpc) is 3.44. The molecule has 1 heterocycles. The number of rotatable bonds is 7. The molecule has 4 saturated carbocycles. The molecule has 3 amide bonds. The minimum Gasteiger partial charge on any atom is -0.496 e. The summed E-state index contributed by atoms with van der Waals surface area (Å²) < 4.78 is 5.44. The maximum Gasteiger partial charge on any atom is 0.248 e. The van der Waals surface area contributed by atoms with Gasteiger partial charge in [-0.2, -0.15) is 5.26 Å². The molecule has 6 atom stereocenters. The quantitative estimate of drug-likeness (QED) is 0.543. The number of ether oxygens (including phenoxy) is 1. The maximum absolute atomic E-state index is 13.6. The Kier molecular flexibility index (Phi) is 5.55. The van der Waals surface area contributed by atoms with Crippen molar-refractivity contribution in [3.8, 4) is 11.8 Å². The molecule has 3 N–H and O–H groups in total. The Bertz CT molecular complexity index is 1200. The lowest BCUT2D eigenvalue weighted by Crippen LogP contribution is -2.65. The highest BCUT2D eigenvalue weighted by molar-refractivity contribution is 6.03. The van der Waals surface area contributed by atoms with Gasteiger partial charge in [-0.25, -0.2) is 0 Å². The third kappa shape index (κ3) is 3.76. The number of methoxy groups -OCH3 is 1. The zero-order valence-electron chi connectivity index (χ0n) is 20.5. The van der Waals surface area contributed by atoms with Crippen molar-refractivity contribution in [3.05, 3.63) is 34.9 Å². The summed E-state index contributed by atoms with van der Waals surface area (Å²) in [4.78, 5) is 39.5. The van der Waals surface area contributed by atoms with Crippen LogP contribution in [0.25, 0.3) is 6.08 Å². The Balaban J connectivity index is 1.20. The minimum atomic E-state index is -1.06. The van der Waals surface area contributed by atoms with Crippen LogP contribution < -0.4 is 20.7 Å². The Morgan fingerprint density at radius 2 is 2.11 bits per heavy atom. The smallest absolute Gasteiger partial charge is 0.248 e. The van der Waals surface area contributed by atoms with E-state index in [4.69, 9.17) is 4.74 Å². The molecule has 5 aliphatic carbocycles. The number of amides is 3. The number of nitrogens with zero attached hydrogens (tertiary/aromatic N) is 1. The van der Waals surface area contributed by atoms with E-state index < -0.39 is 11.6 Å². The second kappa shape index (κ2) is 8.65. The standard InChI is InChI=1S/C28H32N4O4/c1-36-23-4-2-3-16-10-18(11-19(16)23)25(33)31-22(9-15-5-6-15)26(34)32-28(14-29)12-17-7-8-21(28)24-20(17)13-30-27(24)35/h2-4,11,15,17,20-22,24H,5-10,12-13H2,1H3,(H,30,35)(H,31,33)(H,32,34)/t17-,20+,21-,22-,24-,28+/m0/s1. The number of carbonyl (C=O) groups is 3. The van der Waals surface area contributed by atoms with Gasteiger partial charge < -0.3 is 20.7 Å². The van der Waals surface area contributed by atoms with Gasteiger partial charge in [-0.1, -0.05) is 25.0 Å². The van der Waals surface area contributed by atoms with Gasteiger partial charge in [0.05, 0.1) is 13.2 Å². The summed E-state index contributed by atoms with van der Waals surface area (Å²) in [6, 6.07) is 7.46. The number of fused-ring (bicyclic) bond motifs is 3. The molecule has 1 saturated heterocycles. The summed E-state index contributed by atoms with van der Waals surface area (Å²) in [5, 5.41) is 19.3. The number of hydrogen-bond acceptors (Lipinski definition) is 5. The number of benzene rings is 1. The van der Waals surface area contributed by atoms with Crippen molar-refractivity contribution >= 4 is 23.8 Å². The molecule has 0 spiro atoms. The van der Waals surface area contributed by atoms with E-state index in [0.29, 0.717) is 37.3 Å². The first-order valence-electron chi connectivity index (χ1n) is 13.1. The minimum absolute atomic E-state index is 0.00859. The monoisotopic (exact) mass is 488 g/mol. The first-order valence-corrected chi connectivity index (χ1v) is 13.1. The maximum atomic E-state index is 13.6. The molecule has 188 valence electrons. The summed E-state index contributed by atoms with van der Waals surface area (Å²) in [7, 11) is 1.61. The van der Waals surface area contributed by atoms with Crippen molar-refractivity contribution in [2.75, 3.05) is 13.7 Å². The predicted octanol–water partition coefficient (Wildman–Crippen LogP) is 2.09. The largest absolute Gasteiger partial charge is 0.496 e. The van der Waals surface area contributed by atoms with Gasteiger partial charge in [-0.3, -0.25) is 14.4 Å². The van der Waals surface area contributed by atoms with Crippen LogP contribution in [0.3, 0.4) is 0 Å². The lowest BCUT2D eigenvalue weighted by molar-refractivity contribution is -0.136. The van der Waals surface area contributed by atoms with E-state index in [-0.39, 0.29) is 41.4 Å². The van der Waals surface area contributed by atoms with E-state index in [1.54, 1.807) is 7.11 Å². The van der Waals surface area contributed by atoms with E-state index in [9.17, 15) is 19.6 Å². The van der Waals surface area contributed by atoms with Crippen LogP contribution >= 0.6 is 0 Å². The molecule has 6 aliphatic rings. The second-order valence-electron chi connectivity index (χ2n) is 11.2. The number of carbonyl (C=O) groups excluding carboxylic acids is 3. The zero-order valence-corrected chi connectivity index (χ0v) is 20.5. The second-order valence-corrected chi connectivity index (χ2v) is 11.2. The summed E-state index contributed by atoms with van der Waals surface area (Å²) in [5.74, 6) is 0.647. The van der Waals surface area contributed by atoms with Gasteiger partial charge in [0.25, 0.3) is 0 Å². The van der Waals surface area contributed by atoms with E-state index in [0.717, 1.165) is 42.6 Å². The van der Waals surface area contributed by atoms with Crippen molar-refractivity contribution in [2.24, 2.45) is 29.6 Å². The van der Waals surface area contributed by atoms with Gasteiger partial charge in [0.15, 0.2) is 0 Å². The van der Waals surface area contributed by atoms with Gasteiger partial charge in [0.1, 0.15) is 17.3 Å². The Labute approximate surface area is 210 Å². The summed E-state index contributed by atoms with van der Waals surface area (Å²) in [6.07, 6.45) is 7.29. The molecule has 1 aromatic carbocycles. The SMILES string of the molecule is COc1cccc2c1C=C(C(=O)N[C@@H](CC1CC1)C(=O)N[C@@]1(C#N)C[C@@H]3CC[C@H]1[C@H]1C(=O)NC[C@H]31)C2. The fourth-order valence-corrected chi connectivity index (χ4v) is 7.20. The lowest BCUT2D eigenvalue weighted by atomic mass is 9.52. The number of nitriles is 1. The normalized spacial score (nSPS) is 32.4. The Morgan fingerprint density at radius 1 is 1.28 bits per heavy atom. The highest BCUT2D eigenvalue weighted by atomic mass is 16.5. The van der Waals surface area contributed by atoms with Crippen LogP contribution in [0.2, 0.25) is 0 Å². The van der Waals surface area contributed by atoms with Crippen molar-refractivity contribution in [3.63, 3.8) is 0 Å². The number of nitrogens with one attached hydrogen (secondary N) is 3. The predicted molar refractivity (Wildman–Crippen MR) is 131 cm³/mol. The summed E-state index contributed by atoms with van der Waals surface area (Å²) in [5.41, 5.74) is 1.46. The van der Waals surface area contributed by atoms with E-state index >= 15 is 0 Å². The van der Waals surface area contributed by atoms with E-state index in [1.807, 2.05) is 24.3 Å². The molecule has 8 heteroatoms. The number of hydrogen-bond donors (Lipinski definition) is 3. The third-order valence-electron chi connectivity index (χ3n) is 9.18. The van der Waals surface area contributed by atoms with Crippen LogP contribution in [-0.2, 0) is 20.8 Å². The van der Waals surface area contributed by atoms with Gasteiger partial charge in [-0.05, 0) is 61.1 Å². The fraction of sp³-hybridized carbons (Fsp3) is 0.571. The molecule has 1 aromatic rings. The molecule has 2 bridgehead atoms. The van der Waals surface area contributed by atoms with E-state index in [1.165, 1.54) is 0 Å². The van der Waals surface area contributed by atoms with Crippen molar-refractivity contribution < 1.29 is 19.1 Å². The van der Waals surface area contributed by atoms with Crippen LogP contribution in [0.4, 0.5) is 0 Å². The van der Waals surface area contributed by atoms with Crippen molar-refractivity contribution in [1.29, 1.82) is 5.26 Å². The molecular weight excluding hydrogens is 456 g/mol. The highest BCUT2D eigenvalue weighted by Gasteiger charge is 2.61. The first-order chi connectivity index (χ1) is 17.4. The molecule has 36 heavy (non-hydrogen) atoms. The van der Waals surface area contributed by atoms with Crippen LogP contribution in [0.15, 0.2) is 23.8 Å². The molecule has 5 fully saturated rings. The molecular formula is C28H32N4O4. The molecule has 0 aromatic heterocycles. The van der Waals surface area contributed by atoms with Crippen LogP contribution in [0.1, 0.15) is 49.7 Å². The summed E-state index contributed by atoms with van der Waals surface area (Å²) >= 11 is 0. The summed E-state index contributed by atoms with van der Waals surface area (Å²) in [6.45, 7) is 0.669. The van der Waals surface area contributed by atoms with E-state index in [2.05, 4.69) is 22.0 Å².